The molecule has 1 aromatic carbocycles. The molecule has 0 spiro atoms. The Morgan fingerprint density at radius 3 is 2.61 bits per heavy atom. The van der Waals surface area contributed by atoms with Crippen LogP contribution in [0.2, 0.25) is 0 Å². The van der Waals surface area contributed by atoms with E-state index in [0.29, 0.717) is 16.9 Å². The molecule has 2 aromatic heterocycles. The van der Waals surface area contributed by atoms with Gasteiger partial charge in [-0.2, -0.15) is 5.10 Å². The SMILES string of the molecule is CC(C)[C@@H](Nc1ncnc2c1cnn2-c1ccccc1)C(=O)O. The smallest absolute Gasteiger partial charge is 0.326 e. The summed E-state index contributed by atoms with van der Waals surface area (Å²) in [5, 5.41) is 17.3. The van der Waals surface area contributed by atoms with E-state index in [0.717, 1.165) is 5.69 Å². The largest absolute Gasteiger partial charge is 0.480 e. The van der Waals surface area contributed by atoms with Crippen LogP contribution >= 0.6 is 0 Å². The van der Waals surface area contributed by atoms with E-state index >= 15 is 0 Å². The Labute approximate surface area is 133 Å². The summed E-state index contributed by atoms with van der Waals surface area (Å²) in [5.74, 6) is -0.526. The zero-order chi connectivity index (χ0) is 16.4. The van der Waals surface area contributed by atoms with Crippen molar-refractivity contribution in [1.82, 2.24) is 19.7 Å². The average Bonchev–Trinajstić information content (AvgIpc) is 2.97. The quantitative estimate of drug-likeness (QED) is 0.751. The molecule has 0 saturated heterocycles. The number of para-hydroxylation sites is 1. The van der Waals surface area contributed by atoms with E-state index in [-0.39, 0.29) is 5.92 Å². The van der Waals surface area contributed by atoms with Crippen LogP contribution < -0.4 is 5.32 Å². The molecule has 2 heterocycles. The fraction of sp³-hybridized carbons (Fsp3) is 0.250. The maximum absolute atomic E-state index is 11.4. The van der Waals surface area contributed by atoms with Gasteiger partial charge in [0.25, 0.3) is 0 Å². The lowest BCUT2D eigenvalue weighted by Gasteiger charge is -2.18. The molecule has 0 aliphatic carbocycles. The topological polar surface area (TPSA) is 92.9 Å². The Kier molecular flexibility index (Phi) is 3.92. The molecule has 0 saturated carbocycles. The molecule has 3 aromatic rings. The molecule has 0 unspecified atom stereocenters. The van der Waals surface area contributed by atoms with Crippen molar-refractivity contribution in [3.8, 4) is 5.69 Å². The predicted molar refractivity (Wildman–Crippen MR) is 86.5 cm³/mol. The van der Waals surface area contributed by atoms with Crippen molar-refractivity contribution in [2.45, 2.75) is 19.9 Å². The van der Waals surface area contributed by atoms with Crippen molar-refractivity contribution in [1.29, 1.82) is 0 Å². The molecule has 0 radical (unpaired) electrons. The van der Waals surface area contributed by atoms with Gasteiger partial charge in [0.15, 0.2) is 5.65 Å². The molecule has 7 nitrogen and oxygen atoms in total. The van der Waals surface area contributed by atoms with Gasteiger partial charge in [-0.25, -0.2) is 19.4 Å². The van der Waals surface area contributed by atoms with E-state index in [4.69, 9.17) is 0 Å². The highest BCUT2D eigenvalue weighted by Gasteiger charge is 2.23. The van der Waals surface area contributed by atoms with Gasteiger partial charge in [0.05, 0.1) is 17.3 Å². The van der Waals surface area contributed by atoms with Crippen molar-refractivity contribution in [3.63, 3.8) is 0 Å². The van der Waals surface area contributed by atoms with Crippen molar-refractivity contribution in [2.24, 2.45) is 5.92 Å². The van der Waals surface area contributed by atoms with Crippen LogP contribution in [0.25, 0.3) is 16.7 Å². The number of hydrogen-bond donors (Lipinski definition) is 2. The van der Waals surface area contributed by atoms with Crippen LogP contribution in [0.3, 0.4) is 0 Å². The van der Waals surface area contributed by atoms with E-state index in [9.17, 15) is 9.90 Å². The second kappa shape index (κ2) is 6.04. The van der Waals surface area contributed by atoms with Gasteiger partial charge in [0, 0.05) is 0 Å². The number of fused-ring (bicyclic) bond motifs is 1. The number of aliphatic carboxylic acids is 1. The van der Waals surface area contributed by atoms with Crippen LogP contribution in [0.1, 0.15) is 13.8 Å². The molecular formula is C16H17N5O2. The number of benzene rings is 1. The molecule has 2 N–H and O–H groups in total. The van der Waals surface area contributed by atoms with Crippen LogP contribution in [-0.2, 0) is 4.79 Å². The number of nitrogens with one attached hydrogen (secondary N) is 1. The molecule has 3 rings (SSSR count). The first-order chi connectivity index (χ1) is 11.1. The second-order valence-electron chi connectivity index (χ2n) is 5.56. The molecule has 23 heavy (non-hydrogen) atoms. The number of anilines is 1. The molecule has 1 atom stereocenters. The predicted octanol–water partition coefficient (Wildman–Crippen LogP) is 2.34. The molecule has 0 aliphatic rings. The minimum absolute atomic E-state index is 0.0818. The highest BCUT2D eigenvalue weighted by atomic mass is 16.4. The number of carbonyl (C=O) groups is 1. The first kappa shape index (κ1) is 15.0. The fourth-order valence-electron chi connectivity index (χ4n) is 2.38. The number of carboxylic acids is 1. The van der Waals surface area contributed by atoms with Crippen LogP contribution in [-0.4, -0.2) is 36.9 Å². The van der Waals surface area contributed by atoms with Gasteiger partial charge in [-0.3, -0.25) is 0 Å². The summed E-state index contributed by atoms with van der Waals surface area (Å²) in [6.45, 7) is 3.69. The lowest BCUT2D eigenvalue weighted by atomic mass is 10.0. The third kappa shape index (κ3) is 2.85. The minimum Gasteiger partial charge on any atom is -0.480 e. The second-order valence-corrected chi connectivity index (χ2v) is 5.56. The van der Waals surface area contributed by atoms with Gasteiger partial charge in [-0.05, 0) is 18.1 Å². The molecule has 0 aliphatic heterocycles. The minimum atomic E-state index is -0.915. The van der Waals surface area contributed by atoms with Gasteiger partial charge in [-0.1, -0.05) is 32.0 Å². The highest BCUT2D eigenvalue weighted by molar-refractivity contribution is 5.89. The molecule has 0 fully saturated rings. The van der Waals surface area contributed by atoms with Gasteiger partial charge < -0.3 is 10.4 Å². The lowest BCUT2D eigenvalue weighted by molar-refractivity contribution is -0.138. The van der Waals surface area contributed by atoms with Gasteiger partial charge in [-0.15, -0.1) is 0 Å². The Morgan fingerprint density at radius 1 is 1.22 bits per heavy atom. The Hall–Kier alpha value is -2.96. The van der Waals surface area contributed by atoms with Crippen LogP contribution in [0.15, 0.2) is 42.9 Å². The van der Waals surface area contributed by atoms with Gasteiger partial charge in [0.1, 0.15) is 18.2 Å². The standard InChI is InChI=1S/C16H17N5O2/c1-10(2)13(16(22)23)20-14-12-8-19-21(15(12)18-9-17-14)11-6-4-3-5-7-11/h3-10,13H,1-2H3,(H,22,23)(H,17,18,20)/t13-/m1/s1. The monoisotopic (exact) mass is 311 g/mol. The van der Waals surface area contributed by atoms with Gasteiger partial charge >= 0.3 is 5.97 Å². The first-order valence-electron chi connectivity index (χ1n) is 7.31. The molecular weight excluding hydrogens is 294 g/mol. The molecule has 0 amide bonds. The Balaban J connectivity index is 2.04. The average molecular weight is 311 g/mol. The summed E-state index contributed by atoms with van der Waals surface area (Å²) in [4.78, 5) is 19.8. The normalized spacial score (nSPS) is 12.5. The maximum atomic E-state index is 11.4. The van der Waals surface area contributed by atoms with E-state index in [2.05, 4.69) is 20.4 Å². The van der Waals surface area contributed by atoms with Gasteiger partial charge in [0.2, 0.25) is 0 Å². The molecule has 7 heteroatoms. The Bertz CT molecular complexity index is 829. The first-order valence-corrected chi connectivity index (χ1v) is 7.31. The van der Waals surface area contributed by atoms with Crippen molar-refractivity contribution in [3.05, 3.63) is 42.9 Å². The maximum Gasteiger partial charge on any atom is 0.326 e. The number of hydrogen-bond acceptors (Lipinski definition) is 5. The number of aromatic nitrogens is 4. The van der Waals surface area contributed by atoms with E-state index in [1.54, 1.807) is 10.9 Å². The zero-order valence-corrected chi connectivity index (χ0v) is 12.8. The lowest BCUT2D eigenvalue weighted by Crippen LogP contribution is -2.34. The van der Waals surface area contributed by atoms with E-state index in [1.165, 1.54) is 6.33 Å². The molecule has 118 valence electrons. The number of nitrogens with zero attached hydrogens (tertiary/aromatic N) is 4. The summed E-state index contributed by atoms with van der Waals surface area (Å²) in [7, 11) is 0. The summed E-state index contributed by atoms with van der Waals surface area (Å²) < 4.78 is 1.70. The number of carboxylic acid groups (broad SMARTS) is 1. The van der Waals surface area contributed by atoms with Crippen LogP contribution in [0.5, 0.6) is 0 Å². The highest BCUT2D eigenvalue weighted by Crippen LogP contribution is 2.23. The summed E-state index contributed by atoms with van der Waals surface area (Å²) in [6.07, 6.45) is 3.05. The van der Waals surface area contributed by atoms with Crippen LogP contribution in [0.4, 0.5) is 5.82 Å². The van der Waals surface area contributed by atoms with Crippen molar-refractivity contribution >= 4 is 22.8 Å². The van der Waals surface area contributed by atoms with Crippen LogP contribution in [0, 0.1) is 5.92 Å². The van der Waals surface area contributed by atoms with Crippen molar-refractivity contribution < 1.29 is 9.90 Å². The fourth-order valence-corrected chi connectivity index (χ4v) is 2.38. The third-order valence-electron chi connectivity index (χ3n) is 3.59. The summed E-state index contributed by atoms with van der Waals surface area (Å²) in [5.41, 5.74) is 1.51. The zero-order valence-electron chi connectivity index (χ0n) is 12.8. The van der Waals surface area contributed by atoms with E-state index < -0.39 is 12.0 Å². The summed E-state index contributed by atoms with van der Waals surface area (Å²) in [6, 6.07) is 8.89. The van der Waals surface area contributed by atoms with Crippen molar-refractivity contribution in [2.75, 3.05) is 5.32 Å². The summed E-state index contributed by atoms with van der Waals surface area (Å²) >= 11 is 0. The number of rotatable bonds is 5. The van der Waals surface area contributed by atoms with E-state index in [1.807, 2.05) is 44.2 Å². The Morgan fingerprint density at radius 2 is 1.96 bits per heavy atom. The molecule has 0 bridgehead atoms. The third-order valence-corrected chi connectivity index (χ3v) is 3.59.